The molecule has 1 aromatic heterocycles. The maximum absolute atomic E-state index is 13.1. The lowest BCUT2D eigenvalue weighted by atomic mass is 9.91. The predicted octanol–water partition coefficient (Wildman–Crippen LogP) is 3.14. The first-order valence-corrected chi connectivity index (χ1v) is 11.5. The highest BCUT2D eigenvalue weighted by atomic mass is 32.1. The van der Waals surface area contributed by atoms with E-state index in [2.05, 4.69) is 29.2 Å². The summed E-state index contributed by atoms with van der Waals surface area (Å²) in [5.74, 6) is 0.115. The first-order chi connectivity index (χ1) is 14.3. The highest BCUT2D eigenvalue weighted by Crippen LogP contribution is 2.42. The van der Waals surface area contributed by atoms with Crippen LogP contribution < -0.4 is 4.90 Å². The molecule has 0 spiro atoms. The van der Waals surface area contributed by atoms with Crippen molar-refractivity contribution in [1.82, 2.24) is 4.90 Å². The van der Waals surface area contributed by atoms with E-state index in [0.717, 1.165) is 68.5 Å². The Morgan fingerprint density at radius 1 is 1.03 bits per heavy atom. The Kier molecular flexibility index (Phi) is 5.48. The van der Waals surface area contributed by atoms with Crippen molar-refractivity contribution >= 4 is 28.0 Å². The molecule has 1 fully saturated rings. The number of aliphatic imine (C=N–C) groups is 1. The van der Waals surface area contributed by atoms with E-state index in [1.165, 1.54) is 28.8 Å². The van der Waals surface area contributed by atoms with Gasteiger partial charge in [-0.3, -0.25) is 14.7 Å². The molecule has 3 aliphatic rings. The van der Waals surface area contributed by atoms with Crippen molar-refractivity contribution in [3.05, 3.63) is 51.9 Å². The molecule has 1 aromatic carbocycles. The topological polar surface area (TPSA) is 45.1 Å². The molecule has 152 valence electrons. The van der Waals surface area contributed by atoms with Crippen molar-refractivity contribution in [1.29, 1.82) is 0 Å². The normalized spacial score (nSPS) is 20.1. The van der Waals surface area contributed by atoms with Crippen LogP contribution in [0, 0.1) is 0 Å². The zero-order valence-electron chi connectivity index (χ0n) is 16.7. The average molecular weight is 410 g/mol. The van der Waals surface area contributed by atoms with Crippen LogP contribution in [-0.4, -0.2) is 62.5 Å². The van der Waals surface area contributed by atoms with Crippen LogP contribution in [0.25, 0.3) is 0 Å². The Morgan fingerprint density at radius 3 is 2.66 bits per heavy atom. The highest BCUT2D eigenvalue weighted by molar-refractivity contribution is 7.17. The van der Waals surface area contributed by atoms with Gasteiger partial charge in [0.15, 0.2) is 0 Å². The lowest BCUT2D eigenvalue weighted by Crippen LogP contribution is -2.43. The van der Waals surface area contributed by atoms with Crippen molar-refractivity contribution in [3.63, 3.8) is 0 Å². The van der Waals surface area contributed by atoms with E-state index < -0.39 is 0 Å². The van der Waals surface area contributed by atoms with Crippen LogP contribution in [0.1, 0.15) is 34.4 Å². The van der Waals surface area contributed by atoms with Gasteiger partial charge in [-0.15, -0.1) is 11.3 Å². The zero-order valence-corrected chi connectivity index (χ0v) is 17.5. The number of carbonyl (C=O) groups excluding carboxylic acids is 1. The van der Waals surface area contributed by atoms with E-state index in [1.54, 1.807) is 0 Å². The summed E-state index contributed by atoms with van der Waals surface area (Å²) in [7, 11) is 0. The van der Waals surface area contributed by atoms with Gasteiger partial charge < -0.3 is 9.64 Å². The third-order valence-corrected chi connectivity index (χ3v) is 7.41. The number of anilines is 1. The van der Waals surface area contributed by atoms with Gasteiger partial charge in [0.1, 0.15) is 11.5 Å². The van der Waals surface area contributed by atoms with E-state index >= 15 is 0 Å². The molecule has 5 rings (SSSR count). The van der Waals surface area contributed by atoms with Gasteiger partial charge in [0, 0.05) is 42.2 Å². The van der Waals surface area contributed by atoms with Crippen molar-refractivity contribution in [3.8, 4) is 0 Å². The number of carbonyl (C=O) groups is 1. The van der Waals surface area contributed by atoms with Gasteiger partial charge in [-0.25, -0.2) is 0 Å². The van der Waals surface area contributed by atoms with E-state index in [-0.39, 0.29) is 12.5 Å². The third kappa shape index (κ3) is 3.77. The molecular formula is C23H27N3O2S. The van der Waals surface area contributed by atoms with Crippen LogP contribution in [0.15, 0.2) is 35.3 Å². The van der Waals surface area contributed by atoms with E-state index in [4.69, 9.17) is 9.73 Å². The molecule has 0 bridgehead atoms. The predicted molar refractivity (Wildman–Crippen MR) is 118 cm³/mol. The lowest BCUT2D eigenvalue weighted by Gasteiger charge is -2.29. The van der Waals surface area contributed by atoms with Gasteiger partial charge in [-0.05, 0) is 31.2 Å². The molecule has 0 N–H and O–H groups in total. The van der Waals surface area contributed by atoms with E-state index in [1.807, 2.05) is 22.3 Å². The van der Waals surface area contributed by atoms with Gasteiger partial charge in [0.25, 0.3) is 0 Å². The van der Waals surface area contributed by atoms with Gasteiger partial charge in [0.2, 0.25) is 5.91 Å². The van der Waals surface area contributed by atoms with Crippen LogP contribution >= 0.6 is 11.3 Å². The summed E-state index contributed by atoms with van der Waals surface area (Å²) in [5, 5.41) is 1.12. The molecule has 29 heavy (non-hydrogen) atoms. The van der Waals surface area contributed by atoms with Crippen molar-refractivity contribution < 1.29 is 9.53 Å². The van der Waals surface area contributed by atoms with Crippen LogP contribution in [0.4, 0.5) is 5.00 Å². The van der Waals surface area contributed by atoms with Crippen molar-refractivity contribution in [2.45, 2.75) is 25.7 Å². The second-order valence-electron chi connectivity index (χ2n) is 7.92. The van der Waals surface area contributed by atoms with E-state index in [9.17, 15) is 4.79 Å². The molecule has 0 atom stereocenters. The number of morpholine rings is 1. The summed E-state index contributed by atoms with van der Waals surface area (Å²) >= 11 is 1.83. The number of hydrogen-bond donors (Lipinski definition) is 0. The molecule has 3 heterocycles. The largest absolute Gasteiger partial charge is 0.379 e. The van der Waals surface area contributed by atoms with E-state index in [0.29, 0.717) is 0 Å². The standard InChI is InChI=1S/C23H27N3O2S/c27-20-16-24-22(17-6-2-1-3-7-17)21-18-8-4-5-9-19(18)29-23(21)26(20)11-10-25-12-14-28-15-13-25/h1-3,6-7H,4-5,8-16H2. The molecule has 0 saturated carbocycles. The molecule has 5 nitrogen and oxygen atoms in total. The molecular weight excluding hydrogens is 382 g/mol. The number of amides is 1. The monoisotopic (exact) mass is 409 g/mol. The van der Waals surface area contributed by atoms with Gasteiger partial charge in [0.05, 0.1) is 18.9 Å². The molecule has 2 aromatic rings. The average Bonchev–Trinajstić information content (AvgIpc) is 3.08. The highest BCUT2D eigenvalue weighted by Gasteiger charge is 2.32. The second-order valence-corrected chi connectivity index (χ2v) is 9.00. The Hall–Kier alpha value is -2.02. The minimum Gasteiger partial charge on any atom is -0.379 e. The SMILES string of the molecule is O=C1CN=C(c2ccccc2)c2c(sc3c2CCCC3)N1CCN1CCOCC1. The Balaban J connectivity index is 1.53. The number of nitrogens with zero attached hydrogens (tertiary/aromatic N) is 3. The molecule has 6 heteroatoms. The Morgan fingerprint density at radius 2 is 1.83 bits per heavy atom. The van der Waals surface area contributed by atoms with Crippen LogP contribution in [0.5, 0.6) is 0 Å². The number of fused-ring (bicyclic) bond motifs is 3. The number of ether oxygens (including phenoxy) is 1. The van der Waals surface area contributed by atoms with Crippen molar-refractivity contribution in [2.24, 2.45) is 4.99 Å². The summed E-state index contributed by atoms with van der Waals surface area (Å²) in [6, 6.07) is 10.4. The molecule has 0 radical (unpaired) electrons. The molecule has 0 unspecified atom stereocenters. The maximum atomic E-state index is 13.1. The number of aryl methyl sites for hydroxylation is 1. The molecule has 2 aliphatic heterocycles. The summed E-state index contributed by atoms with van der Waals surface area (Å²) in [6.45, 7) is 5.30. The Bertz CT molecular complexity index is 916. The molecule has 1 saturated heterocycles. The minimum absolute atomic E-state index is 0.115. The Labute approximate surface area is 176 Å². The lowest BCUT2D eigenvalue weighted by molar-refractivity contribution is -0.117. The zero-order chi connectivity index (χ0) is 19.6. The second kappa shape index (κ2) is 8.38. The fraction of sp³-hybridized carbons (Fsp3) is 0.478. The fourth-order valence-electron chi connectivity index (χ4n) is 4.53. The first-order valence-electron chi connectivity index (χ1n) is 10.7. The smallest absolute Gasteiger partial charge is 0.249 e. The molecule has 1 amide bonds. The van der Waals surface area contributed by atoms with Crippen molar-refractivity contribution in [2.75, 3.05) is 50.8 Å². The van der Waals surface area contributed by atoms with Gasteiger partial charge >= 0.3 is 0 Å². The van der Waals surface area contributed by atoms with Crippen LogP contribution in [0.3, 0.4) is 0 Å². The number of rotatable bonds is 4. The molecule has 1 aliphatic carbocycles. The summed E-state index contributed by atoms with van der Waals surface area (Å²) < 4.78 is 5.47. The van der Waals surface area contributed by atoms with Gasteiger partial charge in [-0.1, -0.05) is 30.3 Å². The van der Waals surface area contributed by atoms with Crippen LogP contribution in [0.2, 0.25) is 0 Å². The number of hydrogen-bond acceptors (Lipinski definition) is 5. The minimum atomic E-state index is 0.115. The summed E-state index contributed by atoms with van der Waals surface area (Å²) in [5.41, 5.74) is 4.78. The van der Waals surface area contributed by atoms with Gasteiger partial charge in [-0.2, -0.15) is 0 Å². The summed E-state index contributed by atoms with van der Waals surface area (Å²) in [4.78, 5) is 23.8. The maximum Gasteiger partial charge on any atom is 0.249 e. The third-order valence-electron chi connectivity index (χ3n) is 6.10. The number of benzene rings is 1. The van der Waals surface area contributed by atoms with Crippen LogP contribution in [-0.2, 0) is 22.4 Å². The quantitative estimate of drug-likeness (QED) is 0.779. The fourth-order valence-corrected chi connectivity index (χ4v) is 5.97. The summed E-state index contributed by atoms with van der Waals surface area (Å²) in [6.07, 6.45) is 4.69. The first kappa shape index (κ1) is 19.0. The number of thiophene rings is 1.